The van der Waals surface area contributed by atoms with E-state index in [-0.39, 0.29) is 5.96 Å². The maximum absolute atomic E-state index is 7.68. The Morgan fingerprint density at radius 1 is 1.07 bits per heavy atom. The maximum Gasteiger partial charge on any atom is 0.188 e. The number of hydrogen-bond acceptors (Lipinski definition) is 4. The second-order valence-corrected chi connectivity index (χ2v) is 7.77. The molecule has 0 radical (unpaired) electrons. The van der Waals surface area contributed by atoms with E-state index in [4.69, 9.17) is 16.9 Å². The molecular formula is C21H30N6. The number of nitrogens with one attached hydrogen (secondary N) is 1. The van der Waals surface area contributed by atoms with Gasteiger partial charge in [-0.2, -0.15) is 0 Å². The molecule has 1 saturated heterocycles. The van der Waals surface area contributed by atoms with Crippen molar-refractivity contribution < 1.29 is 0 Å². The molecule has 27 heavy (non-hydrogen) atoms. The van der Waals surface area contributed by atoms with E-state index in [2.05, 4.69) is 35.9 Å². The van der Waals surface area contributed by atoms with Crippen LogP contribution < -0.4 is 11.5 Å². The lowest BCUT2D eigenvalue weighted by Crippen LogP contribution is -2.56. The molecule has 0 atom stereocenters. The molecule has 6 heteroatoms. The van der Waals surface area contributed by atoms with Crippen LogP contribution in [0.15, 0.2) is 36.7 Å². The van der Waals surface area contributed by atoms with Crippen LogP contribution in [0.25, 0.3) is 0 Å². The van der Waals surface area contributed by atoms with Crippen molar-refractivity contribution in [1.82, 2.24) is 14.9 Å². The highest BCUT2D eigenvalue weighted by atomic mass is 15.2. The average Bonchev–Trinajstić information content (AvgIpc) is 2.66. The van der Waals surface area contributed by atoms with Gasteiger partial charge in [0, 0.05) is 55.3 Å². The first-order valence-electron chi connectivity index (χ1n) is 9.58. The molecule has 0 spiro atoms. The van der Waals surface area contributed by atoms with E-state index in [1.54, 1.807) is 0 Å². The van der Waals surface area contributed by atoms with Crippen LogP contribution in [0, 0.1) is 25.2 Å². The standard InChI is InChI=1S/C21H30N6/c1-15-5-3-9-25-18(15)13-21(24,14-19-16(2)6-4-10-26-19)17-7-11-27(12-8-17)20(22)23/h3-6,9-10,17H,7-8,11-14,24H2,1-2H3,(H3,22,23). The van der Waals surface area contributed by atoms with Gasteiger partial charge in [0.2, 0.25) is 0 Å². The number of nitrogens with zero attached hydrogens (tertiary/aromatic N) is 3. The molecule has 0 aromatic carbocycles. The van der Waals surface area contributed by atoms with Crippen molar-refractivity contribution in [2.24, 2.45) is 17.4 Å². The molecule has 0 aliphatic carbocycles. The highest BCUT2D eigenvalue weighted by Gasteiger charge is 2.38. The average molecular weight is 367 g/mol. The van der Waals surface area contributed by atoms with E-state index in [0.717, 1.165) is 50.2 Å². The normalized spacial score (nSPS) is 15.7. The molecule has 144 valence electrons. The van der Waals surface area contributed by atoms with E-state index in [1.165, 1.54) is 11.1 Å². The monoisotopic (exact) mass is 366 g/mol. The molecule has 0 unspecified atom stereocenters. The first kappa shape index (κ1) is 19.3. The number of aryl methyl sites for hydroxylation is 2. The summed E-state index contributed by atoms with van der Waals surface area (Å²) in [6, 6.07) is 8.11. The van der Waals surface area contributed by atoms with Gasteiger partial charge in [0.15, 0.2) is 5.96 Å². The molecule has 3 heterocycles. The van der Waals surface area contributed by atoms with Gasteiger partial charge in [-0.1, -0.05) is 12.1 Å². The fraction of sp³-hybridized carbons (Fsp3) is 0.476. The first-order valence-corrected chi connectivity index (χ1v) is 9.58. The molecule has 6 nitrogen and oxygen atoms in total. The van der Waals surface area contributed by atoms with Gasteiger partial charge in [-0.3, -0.25) is 15.4 Å². The molecule has 2 aromatic rings. The van der Waals surface area contributed by atoms with Gasteiger partial charge in [0.05, 0.1) is 0 Å². The van der Waals surface area contributed by atoms with Crippen molar-refractivity contribution in [2.75, 3.05) is 13.1 Å². The minimum Gasteiger partial charge on any atom is -0.370 e. The Kier molecular flexibility index (Phi) is 5.75. The number of pyridine rings is 2. The third-order valence-corrected chi connectivity index (χ3v) is 5.88. The number of rotatable bonds is 5. The Bertz CT molecular complexity index is 747. The van der Waals surface area contributed by atoms with Gasteiger partial charge in [0.25, 0.3) is 0 Å². The summed E-state index contributed by atoms with van der Waals surface area (Å²) in [5.74, 6) is 0.480. The van der Waals surface area contributed by atoms with Crippen LogP contribution in [0.3, 0.4) is 0 Å². The Morgan fingerprint density at radius 2 is 1.56 bits per heavy atom. The SMILES string of the molecule is Cc1cccnc1CC(N)(Cc1ncccc1C)C1CCN(C(=N)N)CC1. The number of likely N-dealkylation sites (tertiary alicyclic amines) is 1. The lowest BCUT2D eigenvalue weighted by molar-refractivity contribution is 0.165. The summed E-state index contributed by atoms with van der Waals surface area (Å²) in [4.78, 5) is 11.1. The number of nitrogens with two attached hydrogens (primary N) is 2. The minimum absolute atomic E-state index is 0.150. The lowest BCUT2D eigenvalue weighted by Gasteiger charge is -2.43. The molecular weight excluding hydrogens is 336 g/mol. The molecule has 5 N–H and O–H groups in total. The first-order chi connectivity index (χ1) is 12.9. The number of aromatic nitrogens is 2. The largest absolute Gasteiger partial charge is 0.370 e. The van der Waals surface area contributed by atoms with Gasteiger partial charge >= 0.3 is 0 Å². The molecule has 3 rings (SSSR count). The van der Waals surface area contributed by atoms with Crippen molar-refractivity contribution in [1.29, 1.82) is 5.41 Å². The zero-order valence-electron chi connectivity index (χ0n) is 16.3. The Labute approximate surface area is 161 Å². The second kappa shape index (κ2) is 8.05. The van der Waals surface area contributed by atoms with Crippen molar-refractivity contribution in [3.8, 4) is 0 Å². The molecule has 1 aliphatic rings. The zero-order chi connectivity index (χ0) is 19.4. The van der Waals surface area contributed by atoms with E-state index in [0.29, 0.717) is 5.92 Å². The number of hydrogen-bond donors (Lipinski definition) is 3. The van der Waals surface area contributed by atoms with Crippen molar-refractivity contribution in [2.45, 2.75) is 45.1 Å². The summed E-state index contributed by atoms with van der Waals surface area (Å²) >= 11 is 0. The highest BCUT2D eigenvalue weighted by Crippen LogP contribution is 2.33. The summed E-state index contributed by atoms with van der Waals surface area (Å²) in [5.41, 5.74) is 16.8. The van der Waals surface area contributed by atoms with Crippen LogP contribution >= 0.6 is 0 Å². The fourth-order valence-corrected chi connectivity index (χ4v) is 4.08. The molecule has 0 bridgehead atoms. The summed E-state index contributed by atoms with van der Waals surface area (Å²) < 4.78 is 0. The summed E-state index contributed by atoms with van der Waals surface area (Å²) in [7, 11) is 0. The second-order valence-electron chi connectivity index (χ2n) is 7.77. The number of guanidine groups is 1. The molecule has 2 aromatic heterocycles. The molecule has 1 fully saturated rings. The van der Waals surface area contributed by atoms with Crippen LogP contribution in [-0.4, -0.2) is 39.5 Å². The lowest BCUT2D eigenvalue weighted by atomic mass is 9.72. The van der Waals surface area contributed by atoms with Crippen molar-refractivity contribution in [3.63, 3.8) is 0 Å². The van der Waals surface area contributed by atoms with Gasteiger partial charge < -0.3 is 16.4 Å². The highest BCUT2D eigenvalue weighted by molar-refractivity contribution is 5.74. The van der Waals surface area contributed by atoms with E-state index >= 15 is 0 Å². The van der Waals surface area contributed by atoms with Crippen LogP contribution in [0.4, 0.5) is 0 Å². The van der Waals surface area contributed by atoms with Crippen LogP contribution in [0.5, 0.6) is 0 Å². The Morgan fingerprint density at radius 3 is 1.96 bits per heavy atom. The van der Waals surface area contributed by atoms with Gasteiger partial charge in [0.1, 0.15) is 0 Å². The predicted molar refractivity (Wildman–Crippen MR) is 108 cm³/mol. The van der Waals surface area contributed by atoms with Crippen LogP contribution in [0.1, 0.15) is 35.4 Å². The van der Waals surface area contributed by atoms with Crippen LogP contribution in [-0.2, 0) is 12.8 Å². The fourth-order valence-electron chi connectivity index (χ4n) is 4.08. The van der Waals surface area contributed by atoms with Gasteiger partial charge in [-0.25, -0.2) is 0 Å². The zero-order valence-corrected chi connectivity index (χ0v) is 16.3. The predicted octanol–water partition coefficient (Wildman–Crippen LogP) is 2.18. The molecule has 1 aliphatic heterocycles. The van der Waals surface area contributed by atoms with Crippen molar-refractivity contribution in [3.05, 3.63) is 59.2 Å². The van der Waals surface area contributed by atoms with E-state index < -0.39 is 5.54 Å². The quantitative estimate of drug-likeness (QED) is 0.556. The summed E-state index contributed by atoms with van der Waals surface area (Å²) in [5, 5.41) is 7.68. The van der Waals surface area contributed by atoms with Crippen LogP contribution in [0.2, 0.25) is 0 Å². The van der Waals surface area contributed by atoms with Gasteiger partial charge in [-0.05, 0) is 55.9 Å². The minimum atomic E-state index is -0.429. The smallest absolute Gasteiger partial charge is 0.188 e. The Hall–Kier alpha value is -2.47. The Balaban J connectivity index is 1.87. The van der Waals surface area contributed by atoms with E-state index in [9.17, 15) is 0 Å². The van der Waals surface area contributed by atoms with Gasteiger partial charge in [-0.15, -0.1) is 0 Å². The van der Waals surface area contributed by atoms with Crippen molar-refractivity contribution >= 4 is 5.96 Å². The summed E-state index contributed by atoms with van der Waals surface area (Å²) in [6.45, 7) is 5.74. The third kappa shape index (κ3) is 4.45. The third-order valence-electron chi connectivity index (χ3n) is 5.88. The molecule has 0 amide bonds. The number of piperidine rings is 1. The molecule has 0 saturated carbocycles. The van der Waals surface area contributed by atoms with E-state index in [1.807, 2.05) is 29.4 Å². The summed E-state index contributed by atoms with van der Waals surface area (Å²) in [6.07, 6.45) is 6.97. The maximum atomic E-state index is 7.68. The topological polar surface area (TPSA) is 105 Å².